The number of ether oxygens (including phenoxy) is 3. The molecule has 3 aliphatic rings. The molecule has 1 aromatic carbocycles. The van der Waals surface area contributed by atoms with Crippen molar-refractivity contribution in [2.75, 3.05) is 43.6 Å². The van der Waals surface area contributed by atoms with Crippen LogP contribution in [-0.4, -0.2) is 61.0 Å². The van der Waals surface area contributed by atoms with Gasteiger partial charge in [-0.05, 0) is 44.9 Å². The number of hydrogen-bond acceptors (Lipinski definition) is 8. The minimum absolute atomic E-state index is 0.170. The lowest BCUT2D eigenvalue weighted by molar-refractivity contribution is 0.0188. The number of methoxy groups -OCH3 is 1. The Morgan fingerprint density at radius 1 is 1.29 bits per heavy atom. The number of nitriles is 1. The standard InChI is InChI=1S/C26H31N5O4/c1-26(2,3)35-25(32)30-6-5-23-20(14-30)19-10-17(9-16-15-34-8-7-31(23)24(16)19)29-21-11-18(33-4)13-28-22(21)12-27/h9-11,13,20,23,29H,5-8,14-15H2,1-4H3/t20-,23-/m0/s1. The van der Waals surface area contributed by atoms with Crippen LogP contribution in [0.3, 0.4) is 0 Å². The van der Waals surface area contributed by atoms with E-state index in [4.69, 9.17) is 14.2 Å². The maximum absolute atomic E-state index is 12.8. The van der Waals surface area contributed by atoms with Crippen LogP contribution in [0.5, 0.6) is 5.75 Å². The molecule has 0 aliphatic carbocycles. The Balaban J connectivity index is 1.50. The number of carbonyl (C=O) groups excluding carboxylic acids is 1. The molecule has 2 atom stereocenters. The van der Waals surface area contributed by atoms with Crippen molar-refractivity contribution in [3.8, 4) is 11.8 Å². The summed E-state index contributed by atoms with van der Waals surface area (Å²) in [5.41, 5.74) is 4.72. The van der Waals surface area contributed by atoms with Gasteiger partial charge in [0, 0.05) is 54.6 Å². The van der Waals surface area contributed by atoms with Crippen LogP contribution in [0.25, 0.3) is 0 Å². The number of carbonyl (C=O) groups is 1. The molecule has 1 amide bonds. The van der Waals surface area contributed by atoms with Gasteiger partial charge in [-0.3, -0.25) is 0 Å². The summed E-state index contributed by atoms with van der Waals surface area (Å²) < 4.78 is 16.9. The fourth-order valence-electron chi connectivity index (χ4n) is 5.33. The number of rotatable bonds is 3. The van der Waals surface area contributed by atoms with Crippen LogP contribution in [0.4, 0.5) is 21.9 Å². The Morgan fingerprint density at radius 3 is 2.86 bits per heavy atom. The van der Waals surface area contributed by atoms with Gasteiger partial charge in [0.1, 0.15) is 17.4 Å². The molecule has 0 spiro atoms. The summed E-state index contributed by atoms with van der Waals surface area (Å²) in [7, 11) is 1.57. The molecular formula is C26H31N5O4. The molecule has 5 rings (SSSR count). The number of hydrogen-bond donors (Lipinski definition) is 1. The maximum atomic E-state index is 12.8. The highest BCUT2D eigenvalue weighted by Gasteiger charge is 2.45. The van der Waals surface area contributed by atoms with Crippen molar-refractivity contribution in [1.29, 1.82) is 5.26 Å². The first kappa shape index (κ1) is 23.2. The minimum atomic E-state index is -0.529. The van der Waals surface area contributed by atoms with E-state index in [0.29, 0.717) is 49.5 Å². The number of piperidine rings is 1. The Kier molecular flexibility index (Phi) is 5.93. The molecule has 0 unspecified atom stereocenters. The van der Waals surface area contributed by atoms with Crippen LogP contribution < -0.4 is 15.0 Å². The summed E-state index contributed by atoms with van der Waals surface area (Å²) in [5, 5.41) is 12.9. The second-order valence-electron chi connectivity index (χ2n) is 10.2. The van der Waals surface area contributed by atoms with Gasteiger partial charge >= 0.3 is 6.09 Å². The number of benzene rings is 1. The van der Waals surface area contributed by atoms with Crippen LogP contribution in [0, 0.1) is 11.3 Å². The molecule has 9 heteroatoms. The van der Waals surface area contributed by atoms with Crippen LogP contribution in [0.15, 0.2) is 24.4 Å². The quantitative estimate of drug-likeness (QED) is 0.704. The Bertz CT molecular complexity index is 1190. The van der Waals surface area contributed by atoms with Gasteiger partial charge in [0.15, 0.2) is 5.69 Å². The third-order valence-electron chi connectivity index (χ3n) is 6.75. The lowest BCUT2D eigenvalue weighted by atomic mass is 9.88. The summed E-state index contributed by atoms with van der Waals surface area (Å²) >= 11 is 0. The van der Waals surface area contributed by atoms with Crippen molar-refractivity contribution < 1.29 is 19.0 Å². The van der Waals surface area contributed by atoms with Gasteiger partial charge in [-0.15, -0.1) is 0 Å². The van der Waals surface area contributed by atoms with Crippen LogP contribution >= 0.6 is 0 Å². The molecule has 3 aliphatic heterocycles. The van der Waals surface area contributed by atoms with Gasteiger partial charge in [0.25, 0.3) is 0 Å². The third kappa shape index (κ3) is 4.46. The van der Waals surface area contributed by atoms with Crippen molar-refractivity contribution in [1.82, 2.24) is 9.88 Å². The number of anilines is 3. The van der Waals surface area contributed by atoms with Crippen LogP contribution in [-0.2, 0) is 16.1 Å². The van der Waals surface area contributed by atoms with Crippen LogP contribution in [0.2, 0.25) is 0 Å². The molecule has 9 nitrogen and oxygen atoms in total. The number of fused-ring (bicyclic) bond motifs is 3. The molecule has 4 heterocycles. The summed E-state index contributed by atoms with van der Waals surface area (Å²) in [5.74, 6) is 0.740. The predicted octanol–water partition coefficient (Wildman–Crippen LogP) is 4.15. The van der Waals surface area contributed by atoms with Crippen molar-refractivity contribution in [3.05, 3.63) is 41.2 Å². The molecule has 0 saturated carbocycles. The molecule has 1 N–H and O–H groups in total. The fraction of sp³-hybridized carbons (Fsp3) is 0.500. The minimum Gasteiger partial charge on any atom is -0.495 e. The number of nitrogens with one attached hydrogen (secondary N) is 1. The molecule has 0 radical (unpaired) electrons. The second kappa shape index (κ2) is 8.93. The highest BCUT2D eigenvalue weighted by molar-refractivity contribution is 5.76. The van der Waals surface area contributed by atoms with E-state index in [1.807, 2.05) is 25.7 Å². The molecule has 0 bridgehead atoms. The highest BCUT2D eigenvalue weighted by atomic mass is 16.6. The molecular weight excluding hydrogens is 446 g/mol. The first-order chi connectivity index (χ1) is 16.8. The van der Waals surface area contributed by atoms with Crippen molar-refractivity contribution in [2.45, 2.75) is 51.4 Å². The first-order valence-electron chi connectivity index (χ1n) is 12.0. The lowest BCUT2D eigenvalue weighted by Gasteiger charge is -2.39. The van der Waals surface area contributed by atoms with Crippen LogP contribution in [0.1, 0.15) is 49.9 Å². The predicted molar refractivity (Wildman–Crippen MR) is 131 cm³/mol. The smallest absolute Gasteiger partial charge is 0.410 e. The maximum Gasteiger partial charge on any atom is 0.410 e. The first-order valence-corrected chi connectivity index (χ1v) is 12.0. The van der Waals surface area contributed by atoms with E-state index in [2.05, 4.69) is 33.4 Å². The summed E-state index contributed by atoms with van der Waals surface area (Å²) in [6, 6.07) is 8.45. The van der Waals surface area contributed by atoms with E-state index in [-0.39, 0.29) is 12.0 Å². The zero-order valence-electron chi connectivity index (χ0n) is 20.6. The topological polar surface area (TPSA) is 100.0 Å². The number of aromatic nitrogens is 1. The van der Waals surface area contributed by atoms with Gasteiger partial charge < -0.3 is 29.3 Å². The van der Waals surface area contributed by atoms with Gasteiger partial charge in [-0.1, -0.05) is 0 Å². The Labute approximate surface area is 205 Å². The van der Waals surface area contributed by atoms with Crippen molar-refractivity contribution in [2.24, 2.45) is 0 Å². The SMILES string of the molecule is COc1cnc(C#N)c(Nc2cc3c4c(c2)[C@@H]2CN(C(=O)OC(C)(C)C)CC[C@@H]2N4CCOC3)c1. The average Bonchev–Trinajstić information content (AvgIpc) is 2.97. The summed E-state index contributed by atoms with van der Waals surface area (Å²) in [4.78, 5) is 21.3. The Morgan fingerprint density at radius 2 is 2.11 bits per heavy atom. The fourth-order valence-corrected chi connectivity index (χ4v) is 5.33. The molecule has 35 heavy (non-hydrogen) atoms. The summed E-state index contributed by atoms with van der Waals surface area (Å²) in [6.45, 7) is 8.97. The number of pyridine rings is 1. The average molecular weight is 478 g/mol. The van der Waals surface area contributed by atoms with Gasteiger partial charge in [0.2, 0.25) is 0 Å². The highest BCUT2D eigenvalue weighted by Crippen LogP contribution is 2.49. The summed E-state index contributed by atoms with van der Waals surface area (Å²) in [6.07, 6.45) is 2.14. The lowest BCUT2D eigenvalue weighted by Crippen LogP contribution is -2.49. The molecule has 2 aromatic rings. The molecule has 1 saturated heterocycles. The van der Waals surface area contributed by atoms with E-state index >= 15 is 0 Å². The normalized spacial score (nSPS) is 20.9. The molecule has 1 fully saturated rings. The van der Waals surface area contributed by atoms with E-state index in [9.17, 15) is 10.1 Å². The molecule has 184 valence electrons. The zero-order valence-corrected chi connectivity index (χ0v) is 20.6. The van der Waals surface area contributed by atoms with Gasteiger partial charge in [-0.2, -0.15) is 5.26 Å². The monoisotopic (exact) mass is 477 g/mol. The zero-order chi connectivity index (χ0) is 24.7. The Hall–Kier alpha value is -3.51. The van der Waals surface area contributed by atoms with E-state index in [1.54, 1.807) is 13.2 Å². The van der Waals surface area contributed by atoms with Crippen molar-refractivity contribution in [3.63, 3.8) is 0 Å². The number of likely N-dealkylation sites (tertiary alicyclic amines) is 1. The third-order valence-corrected chi connectivity index (χ3v) is 6.75. The second-order valence-corrected chi connectivity index (χ2v) is 10.2. The van der Waals surface area contributed by atoms with Crippen molar-refractivity contribution >= 4 is 23.2 Å². The number of amides is 1. The van der Waals surface area contributed by atoms with E-state index < -0.39 is 5.60 Å². The van der Waals surface area contributed by atoms with Gasteiger partial charge in [0.05, 0.1) is 32.2 Å². The van der Waals surface area contributed by atoms with E-state index in [1.165, 1.54) is 17.4 Å². The molecule has 1 aromatic heterocycles. The number of nitrogens with zero attached hydrogens (tertiary/aromatic N) is 4. The van der Waals surface area contributed by atoms with E-state index in [0.717, 1.165) is 24.2 Å². The van der Waals surface area contributed by atoms with Gasteiger partial charge in [-0.25, -0.2) is 9.78 Å². The largest absolute Gasteiger partial charge is 0.495 e.